The lowest BCUT2D eigenvalue weighted by Crippen LogP contribution is -2.29. The van der Waals surface area contributed by atoms with Crippen molar-refractivity contribution in [1.29, 1.82) is 0 Å². The van der Waals surface area contributed by atoms with E-state index in [9.17, 15) is 5.11 Å². The van der Waals surface area contributed by atoms with Gasteiger partial charge in [-0.1, -0.05) is 30.0 Å². The van der Waals surface area contributed by atoms with Crippen molar-refractivity contribution in [3.8, 4) is 23.3 Å². The van der Waals surface area contributed by atoms with Gasteiger partial charge in [0.25, 0.3) is 0 Å². The van der Waals surface area contributed by atoms with Crippen molar-refractivity contribution >= 4 is 22.4 Å². The van der Waals surface area contributed by atoms with Crippen LogP contribution in [0.3, 0.4) is 0 Å². The van der Waals surface area contributed by atoms with Crippen LogP contribution in [0.1, 0.15) is 11.1 Å². The molecule has 7 heteroatoms. The lowest BCUT2D eigenvalue weighted by atomic mass is 10.1. The van der Waals surface area contributed by atoms with Crippen molar-refractivity contribution in [2.75, 3.05) is 25.0 Å². The molecule has 3 aromatic carbocycles. The fourth-order valence-electron chi connectivity index (χ4n) is 3.34. The molecule has 1 heterocycles. The van der Waals surface area contributed by atoms with Crippen molar-refractivity contribution in [1.82, 2.24) is 15.3 Å². The molecule has 0 fully saturated rings. The Labute approximate surface area is 198 Å². The number of nitrogens with zero attached hydrogens (tertiary/aromatic N) is 2. The molecule has 1 aromatic heterocycles. The Hall–Kier alpha value is -3.96. The predicted octanol–water partition coefficient (Wildman–Crippen LogP) is 3.77. The topological polar surface area (TPSA) is 99.5 Å². The zero-order valence-electron chi connectivity index (χ0n) is 18.8. The first-order chi connectivity index (χ1) is 16.6. The number of ether oxygens (including phenoxy) is 1. The Balaban J connectivity index is 1.49. The van der Waals surface area contributed by atoms with E-state index in [0.29, 0.717) is 18.9 Å². The number of aromatic nitrogens is 2. The van der Waals surface area contributed by atoms with E-state index in [1.807, 2.05) is 73.7 Å². The third kappa shape index (κ3) is 6.09. The maximum atomic E-state index is 9.35. The van der Waals surface area contributed by atoms with E-state index in [2.05, 4.69) is 32.4 Å². The summed E-state index contributed by atoms with van der Waals surface area (Å²) in [5.41, 5.74) is 3.53. The number of nitrogens with one attached hydrogen (secondary N) is 2. The monoisotopic (exact) mass is 454 g/mol. The predicted molar refractivity (Wildman–Crippen MR) is 133 cm³/mol. The van der Waals surface area contributed by atoms with Crippen LogP contribution in [0.4, 0.5) is 11.5 Å². The zero-order valence-corrected chi connectivity index (χ0v) is 18.8. The van der Waals surface area contributed by atoms with Gasteiger partial charge in [-0.25, -0.2) is 9.97 Å². The number of aliphatic hydroxyl groups is 2. The molecule has 172 valence electrons. The van der Waals surface area contributed by atoms with Gasteiger partial charge >= 0.3 is 0 Å². The number of hydrogen-bond acceptors (Lipinski definition) is 7. The van der Waals surface area contributed by atoms with Gasteiger partial charge in [-0.3, -0.25) is 0 Å². The van der Waals surface area contributed by atoms with Gasteiger partial charge in [-0.2, -0.15) is 0 Å². The molecule has 0 aliphatic carbocycles. The van der Waals surface area contributed by atoms with Gasteiger partial charge in [-0.15, -0.1) is 0 Å². The lowest BCUT2D eigenvalue weighted by Gasteiger charge is -2.12. The van der Waals surface area contributed by atoms with E-state index < -0.39 is 6.10 Å². The van der Waals surface area contributed by atoms with Crippen LogP contribution in [0.15, 0.2) is 73.1 Å². The van der Waals surface area contributed by atoms with E-state index in [0.717, 1.165) is 39.2 Å². The molecule has 7 nitrogen and oxygen atoms in total. The second-order valence-corrected chi connectivity index (χ2v) is 7.74. The molecule has 34 heavy (non-hydrogen) atoms. The number of hydrogen-bond donors (Lipinski definition) is 4. The molecule has 4 N–H and O–H groups in total. The number of para-hydroxylation sites is 1. The highest BCUT2D eigenvalue weighted by atomic mass is 16.5. The zero-order chi connectivity index (χ0) is 23.8. The van der Waals surface area contributed by atoms with Crippen LogP contribution < -0.4 is 15.4 Å². The molecule has 1 unspecified atom stereocenters. The van der Waals surface area contributed by atoms with Gasteiger partial charge in [-0.05, 0) is 61.0 Å². The van der Waals surface area contributed by atoms with Gasteiger partial charge in [0.05, 0.1) is 24.8 Å². The minimum Gasteiger partial charge on any atom is -0.457 e. The van der Waals surface area contributed by atoms with Crippen molar-refractivity contribution < 1.29 is 14.9 Å². The summed E-state index contributed by atoms with van der Waals surface area (Å²) in [7, 11) is 0. The molecule has 0 spiro atoms. The molecular weight excluding hydrogens is 428 g/mol. The molecule has 4 aromatic rings. The van der Waals surface area contributed by atoms with Crippen LogP contribution in [0.25, 0.3) is 10.9 Å². The highest BCUT2D eigenvalue weighted by Gasteiger charge is 2.08. The van der Waals surface area contributed by atoms with Crippen molar-refractivity contribution in [3.63, 3.8) is 0 Å². The first-order valence-electron chi connectivity index (χ1n) is 11.0. The molecule has 0 saturated carbocycles. The third-order valence-electron chi connectivity index (χ3n) is 5.08. The van der Waals surface area contributed by atoms with Crippen LogP contribution in [0.5, 0.6) is 11.5 Å². The minimum atomic E-state index is -0.782. The van der Waals surface area contributed by atoms with Gasteiger partial charge < -0.3 is 25.6 Å². The van der Waals surface area contributed by atoms with Gasteiger partial charge in [0.2, 0.25) is 0 Å². The summed E-state index contributed by atoms with van der Waals surface area (Å²) in [4.78, 5) is 8.79. The largest absolute Gasteiger partial charge is 0.457 e. The molecule has 0 aliphatic heterocycles. The first-order valence-corrected chi connectivity index (χ1v) is 11.0. The third-order valence-corrected chi connectivity index (χ3v) is 5.08. The molecule has 0 bridgehead atoms. The van der Waals surface area contributed by atoms with E-state index in [1.54, 1.807) is 0 Å². The van der Waals surface area contributed by atoms with E-state index in [4.69, 9.17) is 9.84 Å². The van der Waals surface area contributed by atoms with Crippen LogP contribution in [-0.4, -0.2) is 46.0 Å². The standard InChI is InChI=1S/C27H26N4O3/c1-19-14-21(10-12-26(19)34-23-7-3-2-4-8-23)31-27-24-15-20(9-11-25(24)29-18-30-27)6-5-13-28-16-22(33)17-32/h2-4,7-12,14-15,18,22,28,32-33H,13,16-17H2,1H3,(H,29,30,31). The fourth-order valence-corrected chi connectivity index (χ4v) is 3.34. The molecule has 1 atom stereocenters. The normalized spacial score (nSPS) is 11.5. The molecule has 0 radical (unpaired) electrons. The summed E-state index contributed by atoms with van der Waals surface area (Å²) >= 11 is 0. The number of rotatable bonds is 8. The maximum absolute atomic E-state index is 9.35. The van der Waals surface area contributed by atoms with Gasteiger partial charge in [0.15, 0.2) is 0 Å². The smallest absolute Gasteiger partial charge is 0.141 e. The Morgan fingerprint density at radius 1 is 1.03 bits per heavy atom. The number of aliphatic hydroxyl groups excluding tert-OH is 2. The Kier molecular flexibility index (Phi) is 7.68. The molecular formula is C27H26N4O3. The summed E-state index contributed by atoms with van der Waals surface area (Å²) in [6.07, 6.45) is 0.752. The maximum Gasteiger partial charge on any atom is 0.141 e. The second-order valence-electron chi connectivity index (χ2n) is 7.74. The second kappa shape index (κ2) is 11.3. The van der Waals surface area contributed by atoms with E-state index in [1.165, 1.54) is 6.33 Å². The number of anilines is 2. The van der Waals surface area contributed by atoms with Crippen molar-refractivity contribution in [2.45, 2.75) is 13.0 Å². The Morgan fingerprint density at radius 2 is 1.88 bits per heavy atom. The average molecular weight is 455 g/mol. The molecule has 0 aliphatic rings. The van der Waals surface area contributed by atoms with Crippen molar-refractivity contribution in [3.05, 3.63) is 84.2 Å². The summed E-state index contributed by atoms with van der Waals surface area (Å²) in [6, 6.07) is 21.4. The van der Waals surface area contributed by atoms with Crippen LogP contribution in [0, 0.1) is 18.8 Å². The Bertz CT molecular complexity index is 1320. The molecule has 0 saturated heterocycles. The highest BCUT2D eigenvalue weighted by Crippen LogP contribution is 2.29. The quantitative estimate of drug-likeness (QED) is 0.238. The van der Waals surface area contributed by atoms with E-state index >= 15 is 0 Å². The van der Waals surface area contributed by atoms with Crippen LogP contribution in [-0.2, 0) is 0 Å². The van der Waals surface area contributed by atoms with Gasteiger partial charge in [0, 0.05) is 23.2 Å². The highest BCUT2D eigenvalue weighted by molar-refractivity contribution is 5.91. The Morgan fingerprint density at radius 3 is 2.68 bits per heavy atom. The molecule has 4 rings (SSSR count). The fraction of sp³-hybridized carbons (Fsp3) is 0.185. The molecule has 0 amide bonds. The SMILES string of the molecule is Cc1cc(Nc2ncnc3ccc(C#CCNCC(O)CO)cc23)ccc1Oc1ccccc1. The number of fused-ring (bicyclic) bond motifs is 1. The van der Waals surface area contributed by atoms with Crippen molar-refractivity contribution in [2.24, 2.45) is 0 Å². The van der Waals surface area contributed by atoms with Crippen LogP contribution >= 0.6 is 0 Å². The number of benzene rings is 3. The van der Waals surface area contributed by atoms with Crippen LogP contribution in [0.2, 0.25) is 0 Å². The summed E-state index contributed by atoms with van der Waals surface area (Å²) in [6.45, 7) is 2.42. The summed E-state index contributed by atoms with van der Waals surface area (Å²) in [5.74, 6) is 8.40. The lowest BCUT2D eigenvalue weighted by molar-refractivity contribution is 0.0954. The van der Waals surface area contributed by atoms with E-state index in [-0.39, 0.29) is 6.61 Å². The first kappa shape index (κ1) is 23.2. The average Bonchev–Trinajstić information content (AvgIpc) is 2.86. The summed E-state index contributed by atoms with van der Waals surface area (Å²) < 4.78 is 5.97. The summed E-state index contributed by atoms with van der Waals surface area (Å²) in [5, 5.41) is 25.4. The number of aryl methyl sites for hydroxylation is 1. The van der Waals surface area contributed by atoms with Gasteiger partial charge in [0.1, 0.15) is 23.6 Å². The minimum absolute atomic E-state index is 0.275.